The first-order valence-electron chi connectivity index (χ1n) is 12.1. The fourth-order valence-electron chi connectivity index (χ4n) is 5.72. The third-order valence-corrected chi connectivity index (χ3v) is 7.49. The van der Waals surface area contributed by atoms with Gasteiger partial charge in [-0.2, -0.15) is 0 Å². The lowest BCUT2D eigenvalue weighted by Crippen LogP contribution is -2.34. The molecular formula is C31H31N2+. The van der Waals surface area contributed by atoms with E-state index in [0.29, 0.717) is 5.92 Å². The Morgan fingerprint density at radius 3 is 2.55 bits per heavy atom. The van der Waals surface area contributed by atoms with Crippen LogP contribution in [0.5, 0.6) is 0 Å². The summed E-state index contributed by atoms with van der Waals surface area (Å²) in [5.41, 5.74) is 6.97. The molecule has 0 fully saturated rings. The van der Waals surface area contributed by atoms with E-state index in [1.807, 2.05) is 12.3 Å². The highest BCUT2D eigenvalue weighted by Crippen LogP contribution is 2.40. The van der Waals surface area contributed by atoms with Gasteiger partial charge in [-0.05, 0) is 100 Å². The van der Waals surface area contributed by atoms with Gasteiger partial charge >= 0.3 is 0 Å². The average Bonchev–Trinajstić information content (AvgIpc) is 2.83. The topological polar surface area (TPSA) is 12.9 Å². The van der Waals surface area contributed by atoms with Gasteiger partial charge in [0.05, 0.1) is 26.7 Å². The van der Waals surface area contributed by atoms with Crippen molar-refractivity contribution in [3.05, 3.63) is 95.7 Å². The third-order valence-electron chi connectivity index (χ3n) is 7.49. The standard InChI is InChI=1S/C31H31N2/c1-33(2,3)25-11-13-26-23(20-25)10-12-30-28-8-4-6-22(27(28)14-15-29(26)30)18-21-9-16-31-24(19-21)7-5-17-32-31/h5,7,9-17,19-20,22H,4,6,8,18H2,1-3H3/q+1. The Morgan fingerprint density at radius 1 is 0.818 bits per heavy atom. The molecular weight excluding hydrogens is 400 g/mol. The first-order valence-corrected chi connectivity index (χ1v) is 12.1. The van der Waals surface area contributed by atoms with Gasteiger partial charge < -0.3 is 0 Å². The van der Waals surface area contributed by atoms with Gasteiger partial charge in [-0.1, -0.05) is 36.4 Å². The Hall–Kier alpha value is -3.23. The molecule has 1 aliphatic carbocycles. The minimum Gasteiger partial charge on any atom is -0.298 e. The maximum atomic E-state index is 4.48. The van der Waals surface area contributed by atoms with Gasteiger partial charge in [0, 0.05) is 17.6 Å². The van der Waals surface area contributed by atoms with Crippen molar-refractivity contribution in [1.29, 1.82) is 0 Å². The number of rotatable bonds is 3. The summed E-state index contributed by atoms with van der Waals surface area (Å²) in [6.07, 6.45) is 6.70. The van der Waals surface area contributed by atoms with E-state index in [1.165, 1.54) is 57.4 Å². The van der Waals surface area contributed by atoms with Crippen LogP contribution in [0.1, 0.15) is 35.4 Å². The van der Waals surface area contributed by atoms with Crippen LogP contribution < -0.4 is 4.48 Å². The van der Waals surface area contributed by atoms with Crippen LogP contribution >= 0.6 is 0 Å². The molecule has 0 N–H and O–H groups in total. The summed E-state index contributed by atoms with van der Waals surface area (Å²) in [5, 5.41) is 6.80. The lowest BCUT2D eigenvalue weighted by atomic mass is 9.77. The van der Waals surface area contributed by atoms with Gasteiger partial charge in [0.15, 0.2) is 0 Å². The molecule has 1 atom stereocenters. The summed E-state index contributed by atoms with van der Waals surface area (Å²) in [4.78, 5) is 4.48. The van der Waals surface area contributed by atoms with Crippen molar-refractivity contribution in [1.82, 2.24) is 9.47 Å². The van der Waals surface area contributed by atoms with E-state index >= 15 is 0 Å². The Balaban J connectivity index is 1.41. The van der Waals surface area contributed by atoms with Crippen molar-refractivity contribution in [2.45, 2.75) is 31.6 Å². The maximum absolute atomic E-state index is 4.48. The van der Waals surface area contributed by atoms with Crippen LogP contribution in [0, 0.1) is 0 Å². The van der Waals surface area contributed by atoms with E-state index in [0.717, 1.165) is 16.4 Å². The second kappa shape index (κ2) is 7.67. The SMILES string of the molecule is C[N+](C)(C)c1ccc2c(ccc3c4c(ccc32)C(Cc2ccc3ncccc3c2)CCC4)c1. The Bertz CT molecular complexity index is 1510. The van der Waals surface area contributed by atoms with Crippen LogP contribution in [-0.4, -0.2) is 26.1 Å². The Kier molecular flexibility index (Phi) is 4.74. The van der Waals surface area contributed by atoms with Crippen LogP contribution in [0.15, 0.2) is 79.0 Å². The molecule has 2 nitrogen and oxygen atoms in total. The van der Waals surface area contributed by atoms with Crippen LogP contribution in [0.4, 0.5) is 5.69 Å². The highest BCUT2D eigenvalue weighted by molar-refractivity contribution is 6.09. The van der Waals surface area contributed by atoms with Gasteiger partial charge in [-0.3, -0.25) is 9.47 Å². The largest absolute Gasteiger partial charge is 0.298 e. The maximum Gasteiger partial charge on any atom is 0.132 e. The van der Waals surface area contributed by atoms with Crippen molar-refractivity contribution in [3.8, 4) is 0 Å². The molecule has 1 heterocycles. The van der Waals surface area contributed by atoms with Crippen molar-refractivity contribution in [3.63, 3.8) is 0 Å². The summed E-state index contributed by atoms with van der Waals surface area (Å²) in [5.74, 6) is 0.587. The number of quaternary nitrogens is 1. The molecule has 1 unspecified atom stereocenters. The highest BCUT2D eigenvalue weighted by Gasteiger charge is 2.23. The van der Waals surface area contributed by atoms with Crippen LogP contribution in [0.3, 0.4) is 0 Å². The number of hydrogen-bond acceptors (Lipinski definition) is 1. The molecule has 33 heavy (non-hydrogen) atoms. The minimum atomic E-state index is 0.587. The number of benzene rings is 4. The van der Waals surface area contributed by atoms with E-state index in [-0.39, 0.29) is 0 Å². The van der Waals surface area contributed by atoms with Gasteiger partial charge in [0.1, 0.15) is 5.69 Å². The van der Waals surface area contributed by atoms with E-state index in [2.05, 4.69) is 92.9 Å². The second-order valence-electron chi connectivity index (χ2n) is 10.5. The summed E-state index contributed by atoms with van der Waals surface area (Å²) >= 11 is 0. The molecule has 0 bridgehead atoms. The minimum absolute atomic E-state index is 0.587. The van der Waals surface area contributed by atoms with E-state index in [1.54, 1.807) is 11.1 Å². The van der Waals surface area contributed by atoms with Crippen LogP contribution in [-0.2, 0) is 12.8 Å². The predicted molar refractivity (Wildman–Crippen MR) is 142 cm³/mol. The number of aromatic nitrogens is 1. The molecule has 4 aromatic carbocycles. The Labute approximate surface area is 196 Å². The Morgan fingerprint density at radius 2 is 1.67 bits per heavy atom. The van der Waals surface area contributed by atoms with E-state index < -0.39 is 0 Å². The molecule has 0 spiro atoms. The number of nitrogens with zero attached hydrogens (tertiary/aromatic N) is 2. The zero-order valence-electron chi connectivity index (χ0n) is 19.8. The first kappa shape index (κ1) is 20.4. The fraction of sp³-hybridized carbons (Fsp3) is 0.258. The number of fused-ring (bicyclic) bond motifs is 6. The monoisotopic (exact) mass is 431 g/mol. The molecule has 0 amide bonds. The van der Waals surface area contributed by atoms with Crippen molar-refractivity contribution in [2.75, 3.05) is 21.1 Å². The molecule has 0 aliphatic heterocycles. The smallest absolute Gasteiger partial charge is 0.132 e. The second-order valence-corrected chi connectivity index (χ2v) is 10.5. The van der Waals surface area contributed by atoms with E-state index in [4.69, 9.17) is 0 Å². The van der Waals surface area contributed by atoms with Gasteiger partial charge in [-0.25, -0.2) is 0 Å². The van der Waals surface area contributed by atoms with Crippen LogP contribution in [0.25, 0.3) is 32.4 Å². The lowest BCUT2D eigenvalue weighted by molar-refractivity contribution is 0.487. The number of hydrogen-bond donors (Lipinski definition) is 0. The number of aryl methyl sites for hydroxylation is 1. The molecule has 1 aliphatic rings. The lowest BCUT2D eigenvalue weighted by Gasteiger charge is -2.27. The first-order chi connectivity index (χ1) is 16.0. The quantitative estimate of drug-likeness (QED) is 0.214. The molecule has 1 aromatic heterocycles. The van der Waals surface area contributed by atoms with Gasteiger partial charge in [0.25, 0.3) is 0 Å². The molecule has 2 heteroatoms. The highest BCUT2D eigenvalue weighted by atomic mass is 15.3. The number of pyridine rings is 1. The van der Waals surface area contributed by atoms with E-state index in [9.17, 15) is 0 Å². The zero-order chi connectivity index (χ0) is 22.6. The summed E-state index contributed by atoms with van der Waals surface area (Å²) in [6, 6.07) is 27.5. The summed E-state index contributed by atoms with van der Waals surface area (Å²) in [7, 11) is 6.68. The fourth-order valence-corrected chi connectivity index (χ4v) is 5.72. The van der Waals surface area contributed by atoms with Crippen molar-refractivity contribution < 1.29 is 0 Å². The molecule has 5 aromatic rings. The van der Waals surface area contributed by atoms with Gasteiger partial charge in [0.2, 0.25) is 0 Å². The van der Waals surface area contributed by atoms with Crippen molar-refractivity contribution >= 4 is 38.1 Å². The summed E-state index contributed by atoms with van der Waals surface area (Å²) < 4.78 is 0.838. The zero-order valence-corrected chi connectivity index (χ0v) is 19.8. The molecule has 6 rings (SSSR count). The average molecular weight is 432 g/mol. The van der Waals surface area contributed by atoms with Gasteiger partial charge in [-0.15, -0.1) is 0 Å². The predicted octanol–water partition coefficient (Wildman–Crippen LogP) is 7.40. The normalized spacial score (nSPS) is 16.4. The third kappa shape index (κ3) is 3.59. The van der Waals surface area contributed by atoms with Crippen molar-refractivity contribution in [2.24, 2.45) is 0 Å². The molecule has 0 saturated carbocycles. The molecule has 164 valence electrons. The molecule has 0 saturated heterocycles. The van der Waals surface area contributed by atoms with Crippen LogP contribution in [0.2, 0.25) is 0 Å². The molecule has 0 radical (unpaired) electrons. The summed E-state index contributed by atoms with van der Waals surface area (Å²) in [6.45, 7) is 0.